The number of carbonyl (C=O) groups is 1. The van der Waals surface area contributed by atoms with Gasteiger partial charge in [-0.15, -0.1) is 0 Å². The lowest BCUT2D eigenvalue weighted by molar-refractivity contribution is -0.127. The van der Waals surface area contributed by atoms with Gasteiger partial charge < -0.3 is 5.32 Å². The molecule has 0 aromatic rings. The monoisotopic (exact) mass is 264 g/mol. The number of hydrogen-bond acceptors (Lipinski definition) is 2. The topological polar surface area (TPSA) is 52.9 Å². The third-order valence-corrected chi connectivity index (χ3v) is 4.43. The molecule has 0 heterocycles. The highest BCUT2D eigenvalue weighted by atomic mass is 16.1. The van der Waals surface area contributed by atoms with Crippen LogP contribution in [0, 0.1) is 34.5 Å². The van der Waals surface area contributed by atoms with Crippen molar-refractivity contribution < 1.29 is 4.79 Å². The highest BCUT2D eigenvalue weighted by Gasteiger charge is 2.33. The van der Waals surface area contributed by atoms with E-state index < -0.39 is 0 Å². The van der Waals surface area contributed by atoms with Crippen LogP contribution >= 0.6 is 0 Å². The molecule has 0 saturated heterocycles. The van der Waals surface area contributed by atoms with E-state index in [0.717, 1.165) is 25.7 Å². The molecule has 1 rings (SSSR count). The Morgan fingerprint density at radius 1 is 1.21 bits per heavy atom. The first-order chi connectivity index (χ1) is 8.75. The van der Waals surface area contributed by atoms with Gasteiger partial charge in [0.2, 0.25) is 5.91 Å². The van der Waals surface area contributed by atoms with Crippen molar-refractivity contribution in [1.82, 2.24) is 5.32 Å². The number of nitrogens with one attached hydrogen (secondary N) is 1. The molecule has 108 valence electrons. The summed E-state index contributed by atoms with van der Waals surface area (Å²) in [6.07, 6.45) is 4.18. The number of carbonyl (C=O) groups excluding carboxylic acids is 1. The van der Waals surface area contributed by atoms with Crippen LogP contribution in [0.1, 0.15) is 60.3 Å². The highest BCUT2D eigenvalue weighted by molar-refractivity contribution is 5.79. The highest BCUT2D eigenvalue weighted by Crippen LogP contribution is 2.39. The van der Waals surface area contributed by atoms with Crippen molar-refractivity contribution in [3.8, 4) is 6.07 Å². The number of nitriles is 1. The average Bonchev–Trinajstić information content (AvgIpc) is 2.34. The second-order valence-corrected chi connectivity index (χ2v) is 7.27. The van der Waals surface area contributed by atoms with Gasteiger partial charge in [-0.1, -0.05) is 34.6 Å². The Bertz CT molecular complexity index is 341. The molecule has 19 heavy (non-hydrogen) atoms. The molecule has 1 unspecified atom stereocenters. The lowest BCUT2D eigenvalue weighted by Crippen LogP contribution is -2.42. The van der Waals surface area contributed by atoms with E-state index in [0.29, 0.717) is 11.3 Å². The minimum Gasteiger partial charge on any atom is -0.340 e. The minimum atomic E-state index is -0.354. The molecular formula is C16H28N2O. The van der Waals surface area contributed by atoms with Crippen LogP contribution in [0.3, 0.4) is 0 Å². The molecule has 0 aliphatic heterocycles. The van der Waals surface area contributed by atoms with E-state index in [-0.39, 0.29) is 23.8 Å². The van der Waals surface area contributed by atoms with E-state index >= 15 is 0 Å². The molecule has 3 nitrogen and oxygen atoms in total. The third-order valence-electron chi connectivity index (χ3n) is 4.43. The molecule has 1 saturated carbocycles. The molecule has 1 fully saturated rings. The Labute approximate surface area is 117 Å². The number of amides is 1. The number of nitrogens with zero attached hydrogens (tertiary/aromatic N) is 1. The average molecular weight is 264 g/mol. The molecule has 0 spiro atoms. The summed E-state index contributed by atoms with van der Waals surface area (Å²) in [6.45, 7) is 10.8. The van der Waals surface area contributed by atoms with E-state index in [4.69, 9.17) is 5.26 Å². The minimum absolute atomic E-state index is 0.0765. The fourth-order valence-corrected chi connectivity index (χ4v) is 2.84. The summed E-state index contributed by atoms with van der Waals surface area (Å²) in [5.74, 6) is 1.06. The fraction of sp³-hybridized carbons (Fsp3) is 0.875. The van der Waals surface area contributed by atoms with Gasteiger partial charge in [0.25, 0.3) is 0 Å². The molecular weight excluding hydrogens is 236 g/mol. The van der Waals surface area contributed by atoms with Gasteiger partial charge >= 0.3 is 0 Å². The second-order valence-electron chi connectivity index (χ2n) is 7.27. The van der Waals surface area contributed by atoms with Crippen molar-refractivity contribution in [2.75, 3.05) is 0 Å². The van der Waals surface area contributed by atoms with E-state index in [1.165, 1.54) is 0 Å². The zero-order chi connectivity index (χ0) is 14.6. The summed E-state index contributed by atoms with van der Waals surface area (Å²) in [7, 11) is 0. The van der Waals surface area contributed by atoms with Crippen LogP contribution < -0.4 is 5.32 Å². The predicted octanol–water partition coefficient (Wildman–Crippen LogP) is 3.50. The zero-order valence-corrected chi connectivity index (χ0v) is 13.0. The van der Waals surface area contributed by atoms with Gasteiger partial charge in [0.1, 0.15) is 6.04 Å². The van der Waals surface area contributed by atoms with Gasteiger partial charge in [0, 0.05) is 5.92 Å². The van der Waals surface area contributed by atoms with Crippen LogP contribution in [0.5, 0.6) is 0 Å². The Kier molecular flexibility index (Phi) is 5.40. The Hall–Kier alpha value is -1.04. The van der Waals surface area contributed by atoms with Gasteiger partial charge in [-0.3, -0.25) is 4.79 Å². The van der Waals surface area contributed by atoms with Gasteiger partial charge in [-0.2, -0.15) is 5.26 Å². The van der Waals surface area contributed by atoms with Gasteiger partial charge in [-0.05, 0) is 42.9 Å². The Morgan fingerprint density at radius 2 is 1.74 bits per heavy atom. The SMILES string of the molecule is CC(C)C(C#N)NC(=O)C1CCC(C(C)(C)C)CC1. The van der Waals surface area contributed by atoms with Crippen molar-refractivity contribution >= 4 is 5.91 Å². The molecule has 0 radical (unpaired) electrons. The summed E-state index contributed by atoms with van der Waals surface area (Å²) in [6, 6.07) is 1.82. The second kappa shape index (κ2) is 6.41. The van der Waals surface area contributed by atoms with Crippen LogP contribution in [0.4, 0.5) is 0 Å². The largest absolute Gasteiger partial charge is 0.340 e. The standard InChI is InChI=1S/C16H28N2O/c1-11(2)14(10-17)18-15(19)12-6-8-13(9-7-12)16(3,4)5/h11-14H,6-9H2,1-5H3,(H,18,19). The molecule has 1 N–H and O–H groups in total. The summed E-state index contributed by atoms with van der Waals surface area (Å²) in [5.41, 5.74) is 0.342. The van der Waals surface area contributed by atoms with E-state index in [9.17, 15) is 4.79 Å². The zero-order valence-electron chi connectivity index (χ0n) is 13.0. The smallest absolute Gasteiger partial charge is 0.224 e. The predicted molar refractivity (Wildman–Crippen MR) is 77.3 cm³/mol. The molecule has 1 amide bonds. The molecule has 1 aliphatic carbocycles. The van der Waals surface area contributed by atoms with Gasteiger partial charge in [0.05, 0.1) is 6.07 Å². The fourth-order valence-electron chi connectivity index (χ4n) is 2.84. The number of hydrogen-bond donors (Lipinski definition) is 1. The molecule has 1 aliphatic rings. The van der Waals surface area contributed by atoms with E-state index in [1.807, 2.05) is 13.8 Å². The molecule has 0 aromatic heterocycles. The number of rotatable bonds is 3. The molecule has 3 heteroatoms. The summed E-state index contributed by atoms with van der Waals surface area (Å²) in [4.78, 5) is 12.2. The van der Waals surface area contributed by atoms with Crippen molar-refractivity contribution in [3.63, 3.8) is 0 Å². The Balaban J connectivity index is 2.48. The van der Waals surface area contributed by atoms with Crippen LogP contribution in [-0.4, -0.2) is 11.9 Å². The summed E-state index contributed by atoms with van der Waals surface area (Å²) >= 11 is 0. The molecule has 0 aromatic carbocycles. The van der Waals surface area contributed by atoms with Crippen LogP contribution in [0.15, 0.2) is 0 Å². The summed E-state index contributed by atoms with van der Waals surface area (Å²) in [5, 5.41) is 11.9. The maximum absolute atomic E-state index is 12.2. The Morgan fingerprint density at radius 3 is 2.11 bits per heavy atom. The first kappa shape index (κ1) is 16.0. The van der Waals surface area contributed by atoms with Crippen molar-refractivity contribution in [2.24, 2.45) is 23.2 Å². The lowest BCUT2D eigenvalue weighted by atomic mass is 9.69. The molecule has 1 atom stereocenters. The van der Waals surface area contributed by atoms with Crippen LogP contribution in [0.2, 0.25) is 0 Å². The van der Waals surface area contributed by atoms with Crippen molar-refractivity contribution in [3.05, 3.63) is 0 Å². The third kappa shape index (κ3) is 4.53. The lowest BCUT2D eigenvalue weighted by Gasteiger charge is -2.36. The first-order valence-electron chi connectivity index (χ1n) is 7.45. The maximum Gasteiger partial charge on any atom is 0.224 e. The van der Waals surface area contributed by atoms with Crippen molar-refractivity contribution in [1.29, 1.82) is 5.26 Å². The van der Waals surface area contributed by atoms with Gasteiger partial charge in [0.15, 0.2) is 0 Å². The maximum atomic E-state index is 12.2. The van der Waals surface area contributed by atoms with Crippen molar-refractivity contribution in [2.45, 2.75) is 66.3 Å². The van der Waals surface area contributed by atoms with Crippen LogP contribution in [0.25, 0.3) is 0 Å². The summed E-state index contributed by atoms with van der Waals surface area (Å²) < 4.78 is 0. The quantitative estimate of drug-likeness (QED) is 0.848. The first-order valence-corrected chi connectivity index (χ1v) is 7.45. The van der Waals surface area contributed by atoms with E-state index in [1.54, 1.807) is 0 Å². The van der Waals surface area contributed by atoms with Crippen LogP contribution in [-0.2, 0) is 4.79 Å². The van der Waals surface area contributed by atoms with Gasteiger partial charge in [-0.25, -0.2) is 0 Å². The normalized spacial score (nSPS) is 25.7. The molecule has 0 bridgehead atoms. The van der Waals surface area contributed by atoms with E-state index in [2.05, 4.69) is 32.2 Å².